The van der Waals surface area contributed by atoms with Gasteiger partial charge in [0.15, 0.2) is 0 Å². The highest BCUT2D eigenvalue weighted by Gasteiger charge is 2.42. The van der Waals surface area contributed by atoms with Gasteiger partial charge in [0.25, 0.3) is 11.8 Å². The molecule has 4 N–H and O–H groups in total. The number of amides is 3. The van der Waals surface area contributed by atoms with Gasteiger partial charge in [0.2, 0.25) is 5.91 Å². The number of benzene rings is 3. The van der Waals surface area contributed by atoms with E-state index >= 15 is 0 Å². The molecule has 3 atom stereocenters. The Hall–Kier alpha value is -5.07. The fourth-order valence-electron chi connectivity index (χ4n) is 5.45. The number of ether oxygens (including phenoxy) is 2. The van der Waals surface area contributed by atoms with Gasteiger partial charge in [-0.25, -0.2) is 14.9 Å². The Morgan fingerprint density at radius 2 is 1.71 bits per heavy atom. The Balaban J connectivity index is 1.55. The first-order chi connectivity index (χ1) is 23.0. The summed E-state index contributed by atoms with van der Waals surface area (Å²) in [7, 11) is 3.14. The number of aromatic nitrogens is 2. The number of methoxy groups -OCH3 is 1. The van der Waals surface area contributed by atoms with Crippen molar-refractivity contribution in [1.82, 2.24) is 25.9 Å². The van der Waals surface area contributed by atoms with E-state index in [9.17, 15) is 14.4 Å². The SMILES string of the molecule is CN[C@@H](C)C(=O)N[C@H](C(=O)N(C(=O)[C@@H]1CCCN1)c1cc2c(Nc3ccc(Oc4ccccc4)cc3)ncnc2cc1OC)C(C)(C)C. The van der Waals surface area contributed by atoms with Crippen LogP contribution in [0.25, 0.3) is 10.9 Å². The summed E-state index contributed by atoms with van der Waals surface area (Å²) in [6.45, 7) is 7.90. The summed E-state index contributed by atoms with van der Waals surface area (Å²) in [4.78, 5) is 52.0. The number of rotatable bonds is 11. The van der Waals surface area contributed by atoms with Gasteiger partial charge in [-0.2, -0.15) is 0 Å². The van der Waals surface area contributed by atoms with Crippen molar-refractivity contribution in [1.29, 1.82) is 0 Å². The molecular weight excluding hydrogens is 610 g/mol. The highest BCUT2D eigenvalue weighted by atomic mass is 16.5. The maximum Gasteiger partial charge on any atom is 0.257 e. The van der Waals surface area contributed by atoms with Crippen LogP contribution in [0.15, 0.2) is 73.1 Å². The lowest BCUT2D eigenvalue weighted by Crippen LogP contribution is -2.60. The third-order valence-electron chi connectivity index (χ3n) is 8.30. The van der Waals surface area contributed by atoms with Crippen molar-refractivity contribution in [2.24, 2.45) is 5.41 Å². The second-order valence-corrected chi connectivity index (χ2v) is 12.8. The number of anilines is 3. The molecule has 3 aromatic carbocycles. The van der Waals surface area contributed by atoms with Crippen LogP contribution in [-0.4, -0.2) is 66.5 Å². The van der Waals surface area contributed by atoms with E-state index in [-0.39, 0.29) is 17.3 Å². The topological polar surface area (TPSA) is 147 Å². The standard InChI is InChI=1S/C36H43N7O5/c1-22(37-5)33(44)42-31(36(2,3)4)35(46)43(34(45)27-13-10-18-38-27)29-19-26-28(20-30(29)47-6)39-21-40-32(26)41-23-14-16-25(17-15-23)48-24-11-8-7-9-12-24/h7-9,11-12,14-17,19-22,27,31,37-38H,10,13,18H2,1-6H3,(H,42,44)(H,39,40,41)/t22-,27-,31+/m0/s1. The highest BCUT2D eigenvalue weighted by Crippen LogP contribution is 2.38. The number of para-hydroxylation sites is 1. The second kappa shape index (κ2) is 14.8. The van der Waals surface area contributed by atoms with Gasteiger partial charge in [-0.1, -0.05) is 39.0 Å². The highest BCUT2D eigenvalue weighted by molar-refractivity contribution is 6.20. The van der Waals surface area contributed by atoms with Crippen LogP contribution in [0.2, 0.25) is 0 Å². The summed E-state index contributed by atoms with van der Waals surface area (Å²) in [5, 5.41) is 12.9. The summed E-state index contributed by atoms with van der Waals surface area (Å²) in [5.41, 5.74) is 0.766. The molecule has 1 aromatic heterocycles. The van der Waals surface area contributed by atoms with Crippen molar-refractivity contribution in [3.63, 3.8) is 0 Å². The third-order valence-corrected chi connectivity index (χ3v) is 8.30. The van der Waals surface area contributed by atoms with Gasteiger partial charge in [0, 0.05) is 17.1 Å². The maximum absolute atomic E-state index is 14.6. The van der Waals surface area contributed by atoms with Gasteiger partial charge in [-0.15, -0.1) is 0 Å². The summed E-state index contributed by atoms with van der Waals surface area (Å²) < 4.78 is 11.7. The van der Waals surface area contributed by atoms with E-state index in [2.05, 4.69) is 31.2 Å². The van der Waals surface area contributed by atoms with E-state index in [1.807, 2.05) is 75.4 Å². The van der Waals surface area contributed by atoms with Crippen molar-refractivity contribution in [2.45, 2.75) is 58.7 Å². The van der Waals surface area contributed by atoms with Gasteiger partial charge >= 0.3 is 0 Å². The number of carbonyl (C=O) groups excluding carboxylic acids is 3. The third kappa shape index (κ3) is 7.72. The van der Waals surface area contributed by atoms with E-state index in [0.29, 0.717) is 35.4 Å². The molecule has 252 valence electrons. The van der Waals surface area contributed by atoms with Crippen LogP contribution >= 0.6 is 0 Å². The molecule has 12 nitrogen and oxygen atoms in total. The molecule has 12 heteroatoms. The average molecular weight is 654 g/mol. The van der Waals surface area contributed by atoms with Crippen LogP contribution < -0.4 is 35.6 Å². The van der Waals surface area contributed by atoms with Gasteiger partial charge in [0.05, 0.1) is 30.4 Å². The van der Waals surface area contributed by atoms with Crippen molar-refractivity contribution in [3.8, 4) is 17.2 Å². The molecule has 5 rings (SSSR count). The summed E-state index contributed by atoms with van der Waals surface area (Å²) in [5.74, 6) is 0.774. The molecule has 3 amide bonds. The Bertz CT molecular complexity index is 1750. The second-order valence-electron chi connectivity index (χ2n) is 12.8. The van der Waals surface area contributed by atoms with E-state index in [1.54, 1.807) is 26.1 Å². The van der Waals surface area contributed by atoms with Crippen LogP contribution in [0.3, 0.4) is 0 Å². The Labute approximate surface area is 280 Å². The van der Waals surface area contributed by atoms with Crippen molar-refractivity contribution < 1.29 is 23.9 Å². The van der Waals surface area contributed by atoms with Crippen LogP contribution in [0.5, 0.6) is 17.2 Å². The minimum absolute atomic E-state index is 0.225. The largest absolute Gasteiger partial charge is 0.494 e. The molecule has 2 heterocycles. The molecule has 0 saturated carbocycles. The lowest BCUT2D eigenvalue weighted by molar-refractivity contribution is -0.134. The van der Waals surface area contributed by atoms with Crippen molar-refractivity contribution >= 4 is 45.8 Å². The predicted molar refractivity (Wildman–Crippen MR) is 186 cm³/mol. The number of likely N-dealkylation sites (N-methyl/N-ethyl adjacent to an activating group) is 1. The van der Waals surface area contributed by atoms with Crippen LogP contribution in [0.1, 0.15) is 40.5 Å². The lowest BCUT2D eigenvalue weighted by Gasteiger charge is -2.36. The number of imide groups is 1. The maximum atomic E-state index is 14.6. The smallest absolute Gasteiger partial charge is 0.257 e. The number of nitrogens with one attached hydrogen (secondary N) is 4. The summed E-state index contributed by atoms with van der Waals surface area (Å²) >= 11 is 0. The molecule has 4 aromatic rings. The fraction of sp³-hybridized carbons (Fsp3) is 0.361. The minimum atomic E-state index is -1.03. The van der Waals surface area contributed by atoms with Crippen LogP contribution in [0.4, 0.5) is 17.2 Å². The normalized spacial score (nSPS) is 15.8. The predicted octanol–water partition coefficient (Wildman–Crippen LogP) is 4.92. The van der Waals surface area contributed by atoms with Crippen LogP contribution in [0, 0.1) is 5.41 Å². The van der Waals surface area contributed by atoms with Gasteiger partial charge < -0.3 is 30.7 Å². The van der Waals surface area contributed by atoms with Gasteiger partial charge in [-0.3, -0.25) is 14.4 Å². The average Bonchev–Trinajstić information content (AvgIpc) is 3.63. The molecule has 48 heavy (non-hydrogen) atoms. The van der Waals surface area contributed by atoms with E-state index < -0.39 is 35.4 Å². The first kappa shape index (κ1) is 34.3. The molecular formula is C36H43N7O5. The molecule has 0 spiro atoms. The Morgan fingerprint density at radius 1 is 1.00 bits per heavy atom. The molecule has 1 fully saturated rings. The lowest BCUT2D eigenvalue weighted by atomic mass is 9.85. The number of fused-ring (bicyclic) bond motifs is 1. The van der Waals surface area contributed by atoms with Gasteiger partial charge in [-0.05, 0) is 81.2 Å². The number of hydrogen-bond acceptors (Lipinski definition) is 10. The molecule has 1 saturated heterocycles. The molecule has 0 bridgehead atoms. The Morgan fingerprint density at radius 3 is 2.33 bits per heavy atom. The summed E-state index contributed by atoms with van der Waals surface area (Å²) in [6.07, 6.45) is 2.80. The van der Waals surface area contributed by atoms with Crippen molar-refractivity contribution in [2.75, 3.05) is 30.9 Å². The van der Waals surface area contributed by atoms with Gasteiger partial charge in [0.1, 0.15) is 35.4 Å². The summed E-state index contributed by atoms with van der Waals surface area (Å²) in [6, 6.07) is 18.1. The molecule has 0 unspecified atom stereocenters. The monoisotopic (exact) mass is 653 g/mol. The minimum Gasteiger partial charge on any atom is -0.494 e. The fourth-order valence-corrected chi connectivity index (χ4v) is 5.45. The van der Waals surface area contributed by atoms with E-state index in [0.717, 1.165) is 22.8 Å². The first-order valence-electron chi connectivity index (χ1n) is 16.0. The Kier molecular flexibility index (Phi) is 10.6. The number of nitrogens with zero attached hydrogens (tertiary/aromatic N) is 3. The quantitative estimate of drug-likeness (QED) is 0.176. The number of hydrogen-bond donors (Lipinski definition) is 4. The van der Waals surface area contributed by atoms with Crippen LogP contribution in [-0.2, 0) is 14.4 Å². The number of carbonyl (C=O) groups is 3. The zero-order valence-corrected chi connectivity index (χ0v) is 28.2. The molecule has 1 aliphatic heterocycles. The zero-order chi connectivity index (χ0) is 34.4. The molecule has 1 aliphatic rings. The zero-order valence-electron chi connectivity index (χ0n) is 28.2. The molecule has 0 radical (unpaired) electrons. The van der Waals surface area contributed by atoms with Crippen molar-refractivity contribution in [3.05, 3.63) is 73.1 Å². The molecule has 0 aliphatic carbocycles. The van der Waals surface area contributed by atoms with E-state index in [4.69, 9.17) is 9.47 Å². The first-order valence-corrected chi connectivity index (χ1v) is 16.0. The van der Waals surface area contributed by atoms with E-state index in [1.165, 1.54) is 13.4 Å².